The molecule has 1 heterocycles. The standard InChI is InChI=1S/C15H11NO3/c16-10-6-7-12-11(8-10)13(17)14(18)15(19-12)9-4-2-1-3-5-9/h1-8,18H,16H2/p+1. The summed E-state index contributed by atoms with van der Waals surface area (Å²) in [5, 5.41) is 10.4. The zero-order chi connectivity index (χ0) is 13.4. The second kappa shape index (κ2) is 4.26. The van der Waals surface area contributed by atoms with Crippen LogP contribution in [0, 0.1) is 0 Å². The van der Waals surface area contributed by atoms with Crippen LogP contribution in [-0.2, 0) is 0 Å². The molecule has 19 heavy (non-hydrogen) atoms. The number of rotatable bonds is 1. The van der Waals surface area contributed by atoms with Crippen LogP contribution in [0.15, 0.2) is 57.7 Å². The van der Waals surface area contributed by atoms with Crippen molar-refractivity contribution in [3.05, 3.63) is 58.8 Å². The molecule has 4 heteroatoms. The Hall–Kier alpha value is -2.59. The fourth-order valence-electron chi connectivity index (χ4n) is 2.02. The van der Waals surface area contributed by atoms with Crippen LogP contribution in [0.25, 0.3) is 22.3 Å². The summed E-state index contributed by atoms with van der Waals surface area (Å²) in [5.74, 6) is -0.181. The highest BCUT2D eigenvalue weighted by atomic mass is 16.4. The predicted molar refractivity (Wildman–Crippen MR) is 72.1 cm³/mol. The van der Waals surface area contributed by atoms with Crippen molar-refractivity contribution < 1.29 is 15.3 Å². The van der Waals surface area contributed by atoms with Crippen LogP contribution < -0.4 is 11.2 Å². The average molecular weight is 254 g/mol. The van der Waals surface area contributed by atoms with E-state index in [1.807, 2.05) is 18.2 Å². The lowest BCUT2D eigenvalue weighted by molar-refractivity contribution is -0.254. The lowest BCUT2D eigenvalue weighted by Gasteiger charge is -2.05. The second-order valence-electron chi connectivity index (χ2n) is 4.31. The SMILES string of the molecule is [NH3+]c1ccc2oc(-c3ccccc3)c(O)c(=O)c2c1. The van der Waals surface area contributed by atoms with E-state index in [4.69, 9.17) is 4.42 Å². The Balaban J connectivity index is 2.37. The van der Waals surface area contributed by atoms with Gasteiger partial charge in [-0.25, -0.2) is 0 Å². The third-order valence-electron chi connectivity index (χ3n) is 2.97. The van der Waals surface area contributed by atoms with Gasteiger partial charge < -0.3 is 15.3 Å². The number of quaternary nitrogens is 1. The molecule has 0 atom stereocenters. The number of hydrogen-bond donors (Lipinski definition) is 2. The fourth-order valence-corrected chi connectivity index (χ4v) is 2.02. The van der Waals surface area contributed by atoms with Crippen LogP contribution in [0.1, 0.15) is 0 Å². The Morgan fingerprint density at radius 1 is 1.05 bits per heavy atom. The van der Waals surface area contributed by atoms with Crippen LogP contribution >= 0.6 is 0 Å². The molecule has 3 rings (SSSR count). The topological polar surface area (TPSA) is 78.1 Å². The minimum Gasteiger partial charge on any atom is -0.502 e. The van der Waals surface area contributed by atoms with E-state index in [9.17, 15) is 9.90 Å². The van der Waals surface area contributed by atoms with Gasteiger partial charge in [0.25, 0.3) is 0 Å². The summed E-state index contributed by atoms with van der Waals surface area (Å²) >= 11 is 0. The van der Waals surface area contributed by atoms with Gasteiger partial charge in [0.05, 0.1) is 5.39 Å². The van der Waals surface area contributed by atoms with Crippen molar-refractivity contribution in [1.82, 2.24) is 0 Å². The zero-order valence-corrected chi connectivity index (χ0v) is 10.1. The van der Waals surface area contributed by atoms with Gasteiger partial charge in [0, 0.05) is 17.7 Å². The largest absolute Gasteiger partial charge is 0.502 e. The van der Waals surface area contributed by atoms with E-state index < -0.39 is 5.43 Å². The fraction of sp³-hybridized carbons (Fsp3) is 0. The van der Waals surface area contributed by atoms with Crippen molar-refractivity contribution >= 4 is 16.7 Å². The van der Waals surface area contributed by atoms with Gasteiger partial charge in [0.1, 0.15) is 11.3 Å². The van der Waals surface area contributed by atoms with Crippen LogP contribution in [0.5, 0.6) is 5.75 Å². The van der Waals surface area contributed by atoms with E-state index in [-0.39, 0.29) is 11.5 Å². The number of hydrogen-bond acceptors (Lipinski definition) is 3. The molecule has 0 aliphatic carbocycles. The molecule has 1 aromatic heterocycles. The van der Waals surface area contributed by atoms with Crippen molar-refractivity contribution in [2.24, 2.45) is 0 Å². The molecule has 0 aliphatic rings. The molecule has 0 amide bonds. The molecule has 2 aromatic carbocycles. The third-order valence-corrected chi connectivity index (χ3v) is 2.97. The highest BCUT2D eigenvalue weighted by molar-refractivity contribution is 5.83. The van der Waals surface area contributed by atoms with Crippen molar-refractivity contribution in [2.45, 2.75) is 0 Å². The van der Waals surface area contributed by atoms with Gasteiger partial charge in [-0.15, -0.1) is 0 Å². The highest BCUT2D eigenvalue weighted by Crippen LogP contribution is 2.29. The highest BCUT2D eigenvalue weighted by Gasteiger charge is 2.15. The van der Waals surface area contributed by atoms with E-state index in [0.29, 0.717) is 22.2 Å². The lowest BCUT2D eigenvalue weighted by atomic mass is 10.1. The first kappa shape index (κ1) is 11.5. The van der Waals surface area contributed by atoms with E-state index in [1.54, 1.807) is 30.3 Å². The Labute approximate surface area is 108 Å². The predicted octanol–water partition coefficient (Wildman–Crippen LogP) is 2.04. The van der Waals surface area contributed by atoms with Crippen molar-refractivity contribution in [3.63, 3.8) is 0 Å². The minimum atomic E-state index is -0.439. The first-order valence-electron chi connectivity index (χ1n) is 5.84. The number of aromatic hydroxyl groups is 1. The number of benzene rings is 2. The molecule has 0 saturated heterocycles. The van der Waals surface area contributed by atoms with Gasteiger partial charge in [-0.3, -0.25) is 4.79 Å². The molecule has 0 radical (unpaired) electrons. The summed E-state index contributed by atoms with van der Waals surface area (Å²) < 4.78 is 5.64. The maximum absolute atomic E-state index is 12.1. The first-order chi connectivity index (χ1) is 9.16. The molecule has 4 nitrogen and oxygen atoms in total. The third kappa shape index (κ3) is 1.88. The summed E-state index contributed by atoms with van der Waals surface area (Å²) in [6.07, 6.45) is 0. The Morgan fingerprint density at radius 2 is 1.79 bits per heavy atom. The van der Waals surface area contributed by atoms with E-state index in [0.717, 1.165) is 0 Å². The van der Waals surface area contributed by atoms with E-state index >= 15 is 0 Å². The van der Waals surface area contributed by atoms with Crippen molar-refractivity contribution in [3.8, 4) is 17.1 Å². The first-order valence-corrected chi connectivity index (χ1v) is 5.84. The minimum absolute atomic E-state index is 0.190. The lowest BCUT2D eigenvalue weighted by Crippen LogP contribution is -2.40. The summed E-state index contributed by atoms with van der Waals surface area (Å²) in [7, 11) is 0. The molecule has 94 valence electrons. The van der Waals surface area contributed by atoms with Gasteiger partial charge in [-0.2, -0.15) is 0 Å². The number of fused-ring (bicyclic) bond motifs is 1. The maximum Gasteiger partial charge on any atom is 0.235 e. The zero-order valence-electron chi connectivity index (χ0n) is 10.1. The molecular formula is C15H12NO3+. The van der Waals surface area contributed by atoms with Gasteiger partial charge in [-0.1, -0.05) is 30.3 Å². The molecule has 0 aliphatic heterocycles. The summed E-state index contributed by atoms with van der Waals surface area (Å²) in [4.78, 5) is 12.1. The van der Waals surface area contributed by atoms with Gasteiger partial charge in [0.2, 0.25) is 11.2 Å². The summed E-state index contributed by atoms with van der Waals surface area (Å²) in [6, 6.07) is 14.1. The van der Waals surface area contributed by atoms with Crippen LogP contribution in [0.2, 0.25) is 0 Å². The van der Waals surface area contributed by atoms with Crippen molar-refractivity contribution in [1.29, 1.82) is 0 Å². The molecule has 3 aromatic rings. The molecule has 0 fully saturated rings. The summed E-state index contributed by atoms with van der Waals surface area (Å²) in [6.45, 7) is 0. The van der Waals surface area contributed by atoms with Crippen LogP contribution in [0.4, 0.5) is 5.69 Å². The van der Waals surface area contributed by atoms with Gasteiger partial charge in [-0.05, 0) is 6.07 Å². The van der Waals surface area contributed by atoms with Crippen LogP contribution in [0.3, 0.4) is 0 Å². The molecule has 0 saturated carbocycles. The van der Waals surface area contributed by atoms with Crippen LogP contribution in [-0.4, -0.2) is 5.11 Å². The van der Waals surface area contributed by atoms with Crippen molar-refractivity contribution in [2.75, 3.05) is 0 Å². The Bertz CT molecular complexity index is 807. The second-order valence-corrected chi connectivity index (χ2v) is 4.31. The molecule has 4 N–H and O–H groups in total. The molecule has 0 spiro atoms. The Morgan fingerprint density at radius 3 is 2.53 bits per heavy atom. The van der Waals surface area contributed by atoms with E-state index in [2.05, 4.69) is 5.73 Å². The maximum atomic E-state index is 12.1. The quantitative estimate of drug-likeness (QED) is 0.697. The average Bonchev–Trinajstić information content (AvgIpc) is 2.44. The van der Waals surface area contributed by atoms with Gasteiger partial charge in [0.15, 0.2) is 5.76 Å². The molecular weight excluding hydrogens is 242 g/mol. The normalized spacial score (nSPS) is 10.8. The monoisotopic (exact) mass is 254 g/mol. The molecule has 0 bridgehead atoms. The summed E-state index contributed by atoms with van der Waals surface area (Å²) in [5.41, 5.74) is 5.12. The molecule has 0 unspecified atom stereocenters. The van der Waals surface area contributed by atoms with E-state index in [1.165, 1.54) is 0 Å². The Kier molecular flexibility index (Phi) is 2.58. The smallest absolute Gasteiger partial charge is 0.235 e. The van der Waals surface area contributed by atoms with Gasteiger partial charge >= 0.3 is 0 Å².